The van der Waals surface area contributed by atoms with Gasteiger partial charge in [0, 0.05) is 14.6 Å². The lowest BCUT2D eigenvalue weighted by atomic mass is 10.3. The van der Waals surface area contributed by atoms with Crippen molar-refractivity contribution >= 4 is 45.5 Å². The number of hydrogen-bond acceptors (Lipinski definition) is 4. The summed E-state index contributed by atoms with van der Waals surface area (Å²) >= 11 is 3.60. The van der Waals surface area contributed by atoms with E-state index in [4.69, 9.17) is 5.73 Å². The Kier molecular flexibility index (Phi) is 4.31. The van der Waals surface area contributed by atoms with Crippen molar-refractivity contribution in [1.82, 2.24) is 4.98 Å². The fourth-order valence-electron chi connectivity index (χ4n) is 1.36. The van der Waals surface area contributed by atoms with Gasteiger partial charge in [0.25, 0.3) is 5.91 Å². The molecule has 0 spiro atoms. The highest BCUT2D eigenvalue weighted by Gasteiger charge is 2.12. The summed E-state index contributed by atoms with van der Waals surface area (Å²) in [6.45, 7) is 1.85. The van der Waals surface area contributed by atoms with Crippen molar-refractivity contribution in [2.24, 2.45) is 5.73 Å². The molecular formula is C12H12IN3OS. The van der Waals surface area contributed by atoms with Crippen LogP contribution in [0.15, 0.2) is 29.6 Å². The van der Waals surface area contributed by atoms with Gasteiger partial charge >= 0.3 is 0 Å². The zero-order valence-corrected chi connectivity index (χ0v) is 12.7. The molecule has 1 heterocycles. The van der Waals surface area contributed by atoms with Gasteiger partial charge in [-0.1, -0.05) is 6.07 Å². The first-order chi connectivity index (χ1) is 8.56. The molecule has 0 fully saturated rings. The molecule has 0 saturated carbocycles. The van der Waals surface area contributed by atoms with Gasteiger partial charge in [0.2, 0.25) is 0 Å². The molecule has 1 unspecified atom stereocenters. The maximum Gasteiger partial charge on any atom is 0.275 e. The van der Waals surface area contributed by atoms with Gasteiger partial charge in [-0.15, -0.1) is 11.3 Å². The van der Waals surface area contributed by atoms with E-state index in [0.29, 0.717) is 5.69 Å². The van der Waals surface area contributed by atoms with E-state index in [1.807, 2.05) is 31.2 Å². The minimum absolute atomic E-state index is 0.144. The molecule has 0 bridgehead atoms. The first-order valence-corrected chi connectivity index (χ1v) is 7.30. The van der Waals surface area contributed by atoms with E-state index in [0.717, 1.165) is 14.3 Å². The molecule has 0 aliphatic rings. The second-order valence-corrected chi connectivity index (χ2v) is 5.96. The molecule has 1 aromatic carbocycles. The van der Waals surface area contributed by atoms with Gasteiger partial charge in [-0.3, -0.25) is 4.79 Å². The Hall–Kier alpha value is -0.990. The number of rotatable bonds is 3. The highest BCUT2D eigenvalue weighted by molar-refractivity contribution is 14.1. The highest BCUT2D eigenvalue weighted by Crippen LogP contribution is 2.18. The van der Waals surface area contributed by atoms with Crippen molar-refractivity contribution in [2.45, 2.75) is 13.0 Å². The first kappa shape index (κ1) is 13.4. The Balaban J connectivity index is 2.12. The topological polar surface area (TPSA) is 68.0 Å². The number of carbonyl (C=O) groups excluding carboxylic acids is 1. The van der Waals surface area contributed by atoms with Crippen LogP contribution in [0.3, 0.4) is 0 Å². The number of halogens is 1. The van der Waals surface area contributed by atoms with E-state index in [9.17, 15) is 4.79 Å². The summed E-state index contributed by atoms with van der Waals surface area (Å²) in [6, 6.07) is 7.46. The highest BCUT2D eigenvalue weighted by atomic mass is 127. The summed E-state index contributed by atoms with van der Waals surface area (Å²) in [7, 11) is 0. The molecule has 0 saturated heterocycles. The zero-order chi connectivity index (χ0) is 13.1. The van der Waals surface area contributed by atoms with Gasteiger partial charge in [0.1, 0.15) is 10.7 Å². The third-order valence-corrected chi connectivity index (χ3v) is 3.94. The minimum Gasteiger partial charge on any atom is -0.322 e. The van der Waals surface area contributed by atoms with Crippen LogP contribution in [0.1, 0.15) is 28.5 Å². The van der Waals surface area contributed by atoms with Crippen molar-refractivity contribution in [3.63, 3.8) is 0 Å². The third-order valence-electron chi connectivity index (χ3n) is 2.23. The van der Waals surface area contributed by atoms with Crippen molar-refractivity contribution in [1.29, 1.82) is 0 Å². The second-order valence-electron chi connectivity index (χ2n) is 3.82. The fraction of sp³-hybridized carbons (Fsp3) is 0.167. The van der Waals surface area contributed by atoms with Gasteiger partial charge in [0.05, 0.1) is 6.04 Å². The quantitative estimate of drug-likeness (QED) is 0.813. The van der Waals surface area contributed by atoms with E-state index in [-0.39, 0.29) is 11.9 Å². The standard InChI is InChI=1S/C12H12IN3OS/c1-7(14)12-16-10(6-18-12)11(17)15-9-4-2-3-8(13)5-9/h2-7H,14H2,1H3,(H,15,17). The Bertz CT molecular complexity index is 568. The van der Waals surface area contributed by atoms with Crippen molar-refractivity contribution in [3.8, 4) is 0 Å². The van der Waals surface area contributed by atoms with Gasteiger partial charge < -0.3 is 11.1 Å². The largest absolute Gasteiger partial charge is 0.322 e. The Morgan fingerprint density at radius 3 is 2.94 bits per heavy atom. The average molecular weight is 373 g/mol. The molecule has 3 N–H and O–H groups in total. The van der Waals surface area contributed by atoms with Crippen molar-refractivity contribution in [3.05, 3.63) is 43.9 Å². The van der Waals surface area contributed by atoms with E-state index >= 15 is 0 Å². The molecule has 1 aromatic heterocycles. The number of amides is 1. The van der Waals surface area contributed by atoms with Crippen LogP contribution >= 0.6 is 33.9 Å². The number of benzene rings is 1. The van der Waals surface area contributed by atoms with Gasteiger partial charge in [-0.25, -0.2) is 4.98 Å². The number of nitrogens with zero attached hydrogens (tertiary/aromatic N) is 1. The number of anilines is 1. The van der Waals surface area contributed by atoms with Crippen LogP contribution in [-0.2, 0) is 0 Å². The predicted molar refractivity (Wildman–Crippen MR) is 81.8 cm³/mol. The van der Waals surface area contributed by atoms with Crippen LogP contribution in [0.5, 0.6) is 0 Å². The summed E-state index contributed by atoms with van der Waals surface area (Å²) in [5.41, 5.74) is 6.89. The average Bonchev–Trinajstić information content (AvgIpc) is 2.78. The first-order valence-electron chi connectivity index (χ1n) is 5.34. The summed E-state index contributed by atoms with van der Waals surface area (Å²) in [6.07, 6.45) is 0. The lowest BCUT2D eigenvalue weighted by Crippen LogP contribution is -2.13. The molecule has 18 heavy (non-hydrogen) atoms. The van der Waals surface area contributed by atoms with Gasteiger partial charge in [-0.2, -0.15) is 0 Å². The van der Waals surface area contributed by atoms with Gasteiger partial charge in [-0.05, 0) is 47.7 Å². The van der Waals surface area contributed by atoms with Crippen LogP contribution in [0, 0.1) is 3.57 Å². The normalized spacial score (nSPS) is 12.2. The number of hydrogen-bond donors (Lipinski definition) is 2. The minimum atomic E-state index is -0.208. The Morgan fingerprint density at radius 1 is 1.56 bits per heavy atom. The summed E-state index contributed by atoms with van der Waals surface area (Å²) < 4.78 is 1.07. The van der Waals surface area contributed by atoms with E-state index in [1.54, 1.807) is 5.38 Å². The number of nitrogens with two attached hydrogens (primary N) is 1. The van der Waals surface area contributed by atoms with Gasteiger partial charge in [0.15, 0.2) is 0 Å². The molecule has 1 atom stereocenters. The predicted octanol–water partition coefficient (Wildman–Crippen LogP) is 3.02. The number of aromatic nitrogens is 1. The third kappa shape index (κ3) is 3.27. The molecule has 0 aliphatic heterocycles. The smallest absolute Gasteiger partial charge is 0.275 e. The Morgan fingerprint density at radius 2 is 2.33 bits per heavy atom. The molecule has 1 amide bonds. The van der Waals surface area contributed by atoms with Crippen LogP contribution in [0.4, 0.5) is 5.69 Å². The van der Waals surface area contributed by atoms with Crippen molar-refractivity contribution < 1.29 is 4.79 Å². The Labute approximate surface area is 123 Å². The van der Waals surface area contributed by atoms with Crippen LogP contribution in [0.2, 0.25) is 0 Å². The summed E-state index contributed by atoms with van der Waals surface area (Å²) in [5, 5.41) is 5.30. The molecule has 6 heteroatoms. The summed E-state index contributed by atoms with van der Waals surface area (Å²) in [5.74, 6) is -0.208. The maximum atomic E-state index is 12.0. The maximum absolute atomic E-state index is 12.0. The molecule has 2 rings (SSSR count). The van der Waals surface area contributed by atoms with Crippen LogP contribution < -0.4 is 11.1 Å². The number of nitrogens with one attached hydrogen (secondary N) is 1. The second kappa shape index (κ2) is 5.77. The fourth-order valence-corrected chi connectivity index (χ4v) is 2.66. The number of carbonyl (C=O) groups is 1. The van der Waals surface area contributed by atoms with Crippen LogP contribution in [0.25, 0.3) is 0 Å². The lowest BCUT2D eigenvalue weighted by molar-refractivity contribution is 0.102. The molecule has 94 valence electrons. The van der Waals surface area contributed by atoms with E-state index < -0.39 is 0 Å². The molecule has 2 aromatic rings. The molecular weight excluding hydrogens is 361 g/mol. The van der Waals surface area contributed by atoms with E-state index in [2.05, 4.69) is 32.9 Å². The molecule has 0 radical (unpaired) electrons. The molecule has 0 aliphatic carbocycles. The van der Waals surface area contributed by atoms with Crippen molar-refractivity contribution in [2.75, 3.05) is 5.32 Å². The monoisotopic (exact) mass is 373 g/mol. The molecule has 4 nitrogen and oxygen atoms in total. The lowest BCUT2D eigenvalue weighted by Gasteiger charge is -2.03. The summed E-state index contributed by atoms with van der Waals surface area (Å²) in [4.78, 5) is 16.2. The SMILES string of the molecule is CC(N)c1nc(C(=O)Nc2cccc(I)c2)cs1. The van der Waals surface area contributed by atoms with E-state index in [1.165, 1.54) is 11.3 Å². The number of thiazole rings is 1. The zero-order valence-electron chi connectivity index (χ0n) is 9.68. The van der Waals surface area contributed by atoms with Crippen LogP contribution in [-0.4, -0.2) is 10.9 Å².